The normalized spacial score (nSPS) is 30.5. The summed E-state index contributed by atoms with van der Waals surface area (Å²) in [6, 6.07) is 1.82. The van der Waals surface area contributed by atoms with Crippen molar-refractivity contribution in [3.63, 3.8) is 0 Å². The van der Waals surface area contributed by atoms with Crippen molar-refractivity contribution in [1.29, 1.82) is 0 Å². The first-order valence-electron chi connectivity index (χ1n) is 6.74. The van der Waals surface area contributed by atoms with Crippen LogP contribution in [0.3, 0.4) is 0 Å². The molecular formula is C14H19NO4. The van der Waals surface area contributed by atoms with Crippen LogP contribution in [-0.4, -0.2) is 42.3 Å². The summed E-state index contributed by atoms with van der Waals surface area (Å²) in [5, 5.41) is 9.90. The van der Waals surface area contributed by atoms with Crippen LogP contribution in [0.1, 0.15) is 29.0 Å². The molecule has 3 unspecified atom stereocenters. The van der Waals surface area contributed by atoms with Gasteiger partial charge < -0.3 is 14.3 Å². The Kier molecular flexibility index (Phi) is 3.33. The summed E-state index contributed by atoms with van der Waals surface area (Å²) in [7, 11) is 1.35. The number of methoxy groups -OCH3 is 1. The van der Waals surface area contributed by atoms with Crippen LogP contribution in [0.4, 0.5) is 0 Å². The Morgan fingerprint density at radius 1 is 1.53 bits per heavy atom. The number of carbonyl (C=O) groups is 1. The summed E-state index contributed by atoms with van der Waals surface area (Å²) in [6.45, 7) is 2.58. The van der Waals surface area contributed by atoms with Crippen LogP contribution in [0.25, 0.3) is 0 Å². The second-order valence-electron chi connectivity index (χ2n) is 5.53. The number of furan rings is 1. The molecule has 104 valence electrons. The number of hydrogen-bond donors (Lipinski definition) is 1. The van der Waals surface area contributed by atoms with Crippen molar-refractivity contribution in [2.45, 2.75) is 25.5 Å². The van der Waals surface area contributed by atoms with E-state index in [1.807, 2.05) is 6.07 Å². The number of fused-ring (bicyclic) bond motifs is 1. The number of carbonyl (C=O) groups excluding carboxylic acids is 1. The van der Waals surface area contributed by atoms with E-state index in [1.54, 1.807) is 0 Å². The van der Waals surface area contributed by atoms with Gasteiger partial charge in [-0.1, -0.05) is 0 Å². The number of likely N-dealkylation sites (tertiary alicyclic amines) is 1. The lowest BCUT2D eigenvalue weighted by Gasteiger charge is -2.17. The van der Waals surface area contributed by atoms with Gasteiger partial charge in [0.05, 0.1) is 19.5 Å². The van der Waals surface area contributed by atoms with E-state index < -0.39 is 5.97 Å². The predicted molar refractivity (Wildman–Crippen MR) is 67.5 cm³/mol. The van der Waals surface area contributed by atoms with Crippen molar-refractivity contribution in [1.82, 2.24) is 4.90 Å². The third-order valence-corrected chi connectivity index (χ3v) is 4.41. The van der Waals surface area contributed by atoms with Gasteiger partial charge in [-0.25, -0.2) is 4.79 Å². The topological polar surface area (TPSA) is 62.9 Å². The standard InChI is InChI=1S/C14H19NO4/c1-18-14(17)13-10(4-5-19-13)7-15-6-9-2-3-12(16)11(9)8-15/h4-5,9,11-12,16H,2-3,6-8H2,1H3. The third-order valence-electron chi connectivity index (χ3n) is 4.41. The van der Waals surface area contributed by atoms with Gasteiger partial charge >= 0.3 is 5.97 Å². The van der Waals surface area contributed by atoms with Crippen LogP contribution in [-0.2, 0) is 11.3 Å². The van der Waals surface area contributed by atoms with E-state index in [0.29, 0.717) is 24.1 Å². The Balaban J connectivity index is 1.67. The average molecular weight is 265 g/mol. The molecule has 3 atom stereocenters. The van der Waals surface area contributed by atoms with E-state index in [2.05, 4.69) is 4.90 Å². The quantitative estimate of drug-likeness (QED) is 0.834. The van der Waals surface area contributed by atoms with Gasteiger partial charge in [0.15, 0.2) is 0 Å². The van der Waals surface area contributed by atoms with E-state index >= 15 is 0 Å². The Bertz CT molecular complexity index is 470. The number of aliphatic hydroxyl groups excluding tert-OH is 1. The summed E-state index contributed by atoms with van der Waals surface area (Å²) < 4.78 is 9.89. The molecule has 1 saturated carbocycles. The summed E-state index contributed by atoms with van der Waals surface area (Å²) in [4.78, 5) is 13.8. The summed E-state index contributed by atoms with van der Waals surface area (Å²) in [6.07, 6.45) is 3.41. The predicted octanol–water partition coefficient (Wildman–Crippen LogP) is 1.27. The first-order chi connectivity index (χ1) is 9.19. The van der Waals surface area contributed by atoms with Crippen LogP contribution >= 0.6 is 0 Å². The number of aliphatic hydroxyl groups is 1. The minimum Gasteiger partial charge on any atom is -0.463 e. The maximum atomic E-state index is 11.5. The molecule has 2 aliphatic rings. The van der Waals surface area contributed by atoms with Crippen molar-refractivity contribution < 1.29 is 19.1 Å². The average Bonchev–Trinajstić information content (AvgIpc) is 3.08. The Labute approximate surface area is 112 Å². The number of hydrogen-bond acceptors (Lipinski definition) is 5. The summed E-state index contributed by atoms with van der Waals surface area (Å²) in [5.74, 6) is 0.858. The van der Waals surface area contributed by atoms with Gasteiger partial charge in [-0.15, -0.1) is 0 Å². The monoisotopic (exact) mass is 265 g/mol. The molecule has 0 radical (unpaired) electrons. The SMILES string of the molecule is COC(=O)c1occc1CN1CC2CCC(O)C2C1. The molecule has 1 saturated heterocycles. The molecule has 19 heavy (non-hydrogen) atoms. The molecule has 1 N–H and O–H groups in total. The van der Waals surface area contributed by atoms with Crippen LogP contribution in [0, 0.1) is 11.8 Å². The zero-order chi connectivity index (χ0) is 13.4. The first-order valence-corrected chi connectivity index (χ1v) is 6.74. The molecule has 2 heterocycles. The fourth-order valence-electron chi connectivity index (χ4n) is 3.43. The lowest BCUT2D eigenvalue weighted by Crippen LogP contribution is -2.25. The smallest absolute Gasteiger partial charge is 0.374 e. The molecule has 1 aliphatic carbocycles. The van der Waals surface area contributed by atoms with Gasteiger partial charge in [0.1, 0.15) is 0 Å². The van der Waals surface area contributed by atoms with Crippen LogP contribution in [0.2, 0.25) is 0 Å². The largest absolute Gasteiger partial charge is 0.463 e. The molecule has 5 nitrogen and oxygen atoms in total. The van der Waals surface area contributed by atoms with E-state index in [9.17, 15) is 9.90 Å². The van der Waals surface area contributed by atoms with Crippen molar-refractivity contribution >= 4 is 5.97 Å². The zero-order valence-corrected chi connectivity index (χ0v) is 11.0. The molecule has 5 heteroatoms. The van der Waals surface area contributed by atoms with Crippen LogP contribution < -0.4 is 0 Å². The fourth-order valence-corrected chi connectivity index (χ4v) is 3.43. The summed E-state index contributed by atoms with van der Waals surface area (Å²) in [5.41, 5.74) is 0.862. The highest BCUT2D eigenvalue weighted by Crippen LogP contribution is 2.38. The van der Waals surface area contributed by atoms with Crippen molar-refractivity contribution in [3.05, 3.63) is 23.7 Å². The fraction of sp³-hybridized carbons (Fsp3) is 0.643. The maximum absolute atomic E-state index is 11.5. The molecule has 0 spiro atoms. The number of nitrogens with zero attached hydrogens (tertiary/aromatic N) is 1. The molecule has 2 fully saturated rings. The van der Waals surface area contributed by atoms with E-state index in [4.69, 9.17) is 9.15 Å². The molecule has 0 aromatic carbocycles. The summed E-state index contributed by atoms with van der Waals surface area (Å²) >= 11 is 0. The van der Waals surface area contributed by atoms with Gasteiger partial charge in [0, 0.05) is 31.1 Å². The highest BCUT2D eigenvalue weighted by atomic mass is 16.5. The molecule has 3 rings (SSSR count). The highest BCUT2D eigenvalue weighted by Gasteiger charge is 2.41. The molecular weight excluding hydrogens is 246 g/mol. The molecule has 0 amide bonds. The van der Waals surface area contributed by atoms with E-state index in [0.717, 1.165) is 31.5 Å². The van der Waals surface area contributed by atoms with Crippen molar-refractivity contribution in [3.8, 4) is 0 Å². The van der Waals surface area contributed by atoms with E-state index in [-0.39, 0.29) is 6.10 Å². The van der Waals surface area contributed by atoms with Crippen molar-refractivity contribution in [2.24, 2.45) is 11.8 Å². The second-order valence-corrected chi connectivity index (χ2v) is 5.53. The second kappa shape index (κ2) is 4.98. The van der Waals surface area contributed by atoms with Gasteiger partial charge in [0.25, 0.3) is 0 Å². The third kappa shape index (κ3) is 2.28. The van der Waals surface area contributed by atoms with Gasteiger partial charge in [-0.05, 0) is 24.8 Å². The van der Waals surface area contributed by atoms with Gasteiger partial charge in [-0.3, -0.25) is 4.90 Å². The van der Waals surface area contributed by atoms with Crippen molar-refractivity contribution in [2.75, 3.05) is 20.2 Å². The lowest BCUT2D eigenvalue weighted by molar-refractivity contribution is 0.0561. The molecule has 1 aliphatic heterocycles. The lowest BCUT2D eigenvalue weighted by atomic mass is 10.00. The van der Waals surface area contributed by atoms with Crippen LogP contribution in [0.15, 0.2) is 16.7 Å². The Hall–Kier alpha value is -1.33. The molecule has 0 bridgehead atoms. The maximum Gasteiger partial charge on any atom is 0.374 e. The zero-order valence-electron chi connectivity index (χ0n) is 11.0. The highest BCUT2D eigenvalue weighted by molar-refractivity contribution is 5.87. The van der Waals surface area contributed by atoms with E-state index in [1.165, 1.54) is 13.4 Å². The Morgan fingerprint density at radius 3 is 3.11 bits per heavy atom. The minimum atomic E-state index is -0.431. The van der Waals surface area contributed by atoms with Gasteiger partial charge in [0.2, 0.25) is 5.76 Å². The molecule has 1 aromatic heterocycles. The number of ether oxygens (including phenoxy) is 1. The van der Waals surface area contributed by atoms with Crippen LogP contribution in [0.5, 0.6) is 0 Å². The minimum absolute atomic E-state index is 0.153. The number of esters is 1. The van der Waals surface area contributed by atoms with Gasteiger partial charge in [-0.2, -0.15) is 0 Å². The number of rotatable bonds is 3. The molecule has 1 aromatic rings. The Morgan fingerprint density at radius 2 is 2.37 bits per heavy atom. The first kappa shape index (κ1) is 12.7.